The summed E-state index contributed by atoms with van der Waals surface area (Å²) in [5, 5.41) is 0.415. The Morgan fingerprint density at radius 2 is 1.94 bits per heavy atom. The summed E-state index contributed by atoms with van der Waals surface area (Å²) in [6, 6.07) is 17.8. The molecular weight excluding hydrogens is 476 g/mol. The highest BCUT2D eigenvalue weighted by Gasteiger charge is 2.15. The van der Waals surface area contributed by atoms with Crippen molar-refractivity contribution in [1.29, 1.82) is 0 Å². The maximum absolute atomic E-state index is 13.7. The Bertz CT molecular complexity index is 1650. The average molecular weight is 495 g/mol. The van der Waals surface area contributed by atoms with Gasteiger partial charge in [-0.2, -0.15) is 0 Å². The van der Waals surface area contributed by atoms with Crippen LogP contribution in [0.5, 0.6) is 5.75 Å². The molecule has 0 aliphatic heterocycles. The molecule has 7 nitrogen and oxygen atoms in total. The van der Waals surface area contributed by atoms with Gasteiger partial charge in [-0.25, -0.2) is 9.83 Å². The molecule has 0 fully saturated rings. The lowest BCUT2D eigenvalue weighted by Crippen LogP contribution is -2.20. The second-order valence-corrected chi connectivity index (χ2v) is 8.41. The highest BCUT2D eigenvalue weighted by atomic mass is 35.5. The summed E-state index contributed by atoms with van der Waals surface area (Å²) in [4.78, 5) is 25.7. The van der Waals surface area contributed by atoms with E-state index in [1.54, 1.807) is 61.1 Å². The minimum atomic E-state index is -0.257. The molecule has 0 spiro atoms. The minimum absolute atomic E-state index is 0.195. The van der Waals surface area contributed by atoms with Crippen molar-refractivity contribution in [2.75, 3.05) is 0 Å². The van der Waals surface area contributed by atoms with Crippen molar-refractivity contribution in [2.45, 2.75) is 13.5 Å². The number of ether oxygens (including phenoxy) is 1. The molecule has 0 saturated carbocycles. The first-order chi connectivity index (χ1) is 17.5. The van der Waals surface area contributed by atoms with E-state index < -0.39 is 0 Å². The first kappa shape index (κ1) is 23.1. The standard InChI is InChI=1S/C28H19ClN4O3/c1-18-27(32-17-36-18)16-35-23-11-19(10-21(29)13-23)25-12-20(24-7-3-4-8-26(24)30-2)15-33(28(25)34)22-6-5-9-31-14-22/h3-15,17H,16H2,1H3. The van der Waals surface area contributed by atoms with Crippen LogP contribution < -0.4 is 10.3 Å². The number of nitrogens with zero attached hydrogens (tertiary/aromatic N) is 4. The number of pyridine rings is 2. The molecule has 0 N–H and O–H groups in total. The highest BCUT2D eigenvalue weighted by Crippen LogP contribution is 2.34. The molecule has 3 aromatic heterocycles. The molecule has 0 saturated heterocycles. The Balaban J connectivity index is 1.66. The van der Waals surface area contributed by atoms with Gasteiger partial charge in [0.25, 0.3) is 5.56 Å². The Labute approximate surface area is 212 Å². The van der Waals surface area contributed by atoms with E-state index in [1.807, 2.05) is 25.1 Å². The molecule has 2 aromatic carbocycles. The smallest absolute Gasteiger partial charge is 0.263 e. The van der Waals surface area contributed by atoms with Crippen LogP contribution in [0.2, 0.25) is 5.02 Å². The zero-order valence-electron chi connectivity index (χ0n) is 19.2. The van der Waals surface area contributed by atoms with Crippen LogP contribution in [0.1, 0.15) is 11.5 Å². The van der Waals surface area contributed by atoms with Gasteiger partial charge in [-0.15, -0.1) is 0 Å². The van der Waals surface area contributed by atoms with Gasteiger partial charge in [0.1, 0.15) is 23.8 Å². The Morgan fingerprint density at radius 1 is 1.08 bits per heavy atom. The average Bonchev–Trinajstić information content (AvgIpc) is 3.32. The molecule has 0 radical (unpaired) electrons. The number of oxazole rings is 1. The Kier molecular flexibility index (Phi) is 6.35. The fraction of sp³-hybridized carbons (Fsp3) is 0.0714. The van der Waals surface area contributed by atoms with E-state index in [0.717, 1.165) is 0 Å². The molecular formula is C28H19ClN4O3. The van der Waals surface area contributed by atoms with E-state index in [9.17, 15) is 4.79 Å². The second kappa shape index (κ2) is 9.90. The lowest BCUT2D eigenvalue weighted by Gasteiger charge is -2.14. The summed E-state index contributed by atoms with van der Waals surface area (Å²) in [5.41, 5.74) is 3.91. The van der Waals surface area contributed by atoms with Gasteiger partial charge in [0, 0.05) is 23.0 Å². The van der Waals surface area contributed by atoms with Crippen molar-refractivity contribution >= 4 is 17.3 Å². The van der Waals surface area contributed by atoms with E-state index in [2.05, 4.69) is 14.8 Å². The predicted octanol–water partition coefficient (Wildman–Crippen LogP) is 6.65. The normalized spacial score (nSPS) is 10.7. The fourth-order valence-corrected chi connectivity index (χ4v) is 4.08. The van der Waals surface area contributed by atoms with Crippen LogP contribution in [-0.4, -0.2) is 14.5 Å². The number of hydrogen-bond acceptors (Lipinski definition) is 5. The van der Waals surface area contributed by atoms with Crippen LogP contribution >= 0.6 is 11.6 Å². The van der Waals surface area contributed by atoms with Gasteiger partial charge in [-0.05, 0) is 60.0 Å². The molecule has 176 valence electrons. The zero-order valence-corrected chi connectivity index (χ0v) is 19.9. The van der Waals surface area contributed by atoms with Crippen LogP contribution in [0.3, 0.4) is 0 Å². The molecule has 0 atom stereocenters. The molecule has 8 heteroatoms. The van der Waals surface area contributed by atoms with Crippen LogP contribution in [-0.2, 0) is 6.61 Å². The minimum Gasteiger partial charge on any atom is -0.487 e. The van der Waals surface area contributed by atoms with Gasteiger partial charge in [-0.1, -0.05) is 35.9 Å². The number of halogens is 1. The summed E-state index contributed by atoms with van der Waals surface area (Å²) in [6.45, 7) is 9.59. The summed E-state index contributed by atoms with van der Waals surface area (Å²) in [5.74, 6) is 1.15. The third-order valence-corrected chi connectivity index (χ3v) is 5.90. The van der Waals surface area contributed by atoms with Gasteiger partial charge < -0.3 is 9.15 Å². The topological polar surface area (TPSA) is 74.5 Å². The van der Waals surface area contributed by atoms with E-state index in [4.69, 9.17) is 27.3 Å². The Hall–Kier alpha value is -4.67. The van der Waals surface area contributed by atoms with Gasteiger partial charge in [0.2, 0.25) is 0 Å². The second-order valence-electron chi connectivity index (χ2n) is 7.98. The summed E-state index contributed by atoms with van der Waals surface area (Å²) >= 11 is 6.43. The first-order valence-corrected chi connectivity index (χ1v) is 11.4. The maximum Gasteiger partial charge on any atom is 0.263 e. The molecule has 3 heterocycles. The zero-order chi connectivity index (χ0) is 25.1. The number of rotatable bonds is 6. The summed E-state index contributed by atoms with van der Waals surface area (Å²) in [7, 11) is 0. The van der Waals surface area contributed by atoms with Gasteiger partial charge in [-0.3, -0.25) is 14.3 Å². The van der Waals surface area contributed by atoms with Crippen LogP contribution in [0.25, 0.3) is 32.8 Å². The molecule has 5 aromatic rings. The van der Waals surface area contributed by atoms with Gasteiger partial charge in [0.15, 0.2) is 12.1 Å². The molecule has 0 amide bonds. The van der Waals surface area contributed by atoms with Gasteiger partial charge in [0.05, 0.1) is 18.5 Å². The van der Waals surface area contributed by atoms with Crippen LogP contribution in [0.4, 0.5) is 5.69 Å². The summed E-state index contributed by atoms with van der Waals surface area (Å²) in [6.07, 6.45) is 6.35. The van der Waals surface area contributed by atoms with Crippen molar-refractivity contribution in [3.05, 3.63) is 124 Å². The van der Waals surface area contributed by atoms with E-state index in [0.29, 0.717) is 55.9 Å². The molecule has 36 heavy (non-hydrogen) atoms. The number of benzene rings is 2. The predicted molar refractivity (Wildman–Crippen MR) is 138 cm³/mol. The first-order valence-electron chi connectivity index (χ1n) is 11.0. The number of para-hydroxylation sites is 1. The molecule has 0 aliphatic carbocycles. The highest BCUT2D eigenvalue weighted by molar-refractivity contribution is 6.31. The van der Waals surface area contributed by atoms with Crippen molar-refractivity contribution in [1.82, 2.24) is 14.5 Å². The summed E-state index contributed by atoms with van der Waals surface area (Å²) < 4.78 is 12.7. The largest absolute Gasteiger partial charge is 0.487 e. The fourth-order valence-electron chi connectivity index (χ4n) is 3.86. The SMILES string of the molecule is [C-]#[N+]c1ccccc1-c1cc(-c2cc(Cl)cc(OCc3ncoc3C)c2)c(=O)n(-c2cccnc2)c1. The lowest BCUT2D eigenvalue weighted by molar-refractivity contribution is 0.299. The third kappa shape index (κ3) is 4.63. The van der Waals surface area contributed by atoms with E-state index in [1.165, 1.54) is 11.0 Å². The van der Waals surface area contributed by atoms with Crippen LogP contribution in [0, 0.1) is 13.5 Å². The maximum atomic E-state index is 13.7. The van der Waals surface area contributed by atoms with Crippen molar-refractivity contribution < 1.29 is 9.15 Å². The van der Waals surface area contributed by atoms with Gasteiger partial charge >= 0.3 is 0 Å². The van der Waals surface area contributed by atoms with Crippen molar-refractivity contribution in [3.8, 4) is 33.7 Å². The van der Waals surface area contributed by atoms with Crippen molar-refractivity contribution in [3.63, 3.8) is 0 Å². The number of aryl methyl sites for hydroxylation is 1. The monoisotopic (exact) mass is 494 g/mol. The van der Waals surface area contributed by atoms with E-state index >= 15 is 0 Å². The van der Waals surface area contributed by atoms with E-state index in [-0.39, 0.29) is 12.2 Å². The number of hydrogen-bond donors (Lipinski definition) is 0. The Morgan fingerprint density at radius 3 is 2.69 bits per heavy atom. The molecule has 0 aliphatic rings. The molecule has 5 rings (SSSR count). The van der Waals surface area contributed by atoms with Crippen LogP contribution in [0.15, 0.2) is 94.9 Å². The molecule has 0 unspecified atom stereocenters. The third-order valence-electron chi connectivity index (χ3n) is 5.68. The lowest BCUT2D eigenvalue weighted by atomic mass is 10.00. The van der Waals surface area contributed by atoms with Crippen molar-refractivity contribution in [2.24, 2.45) is 0 Å². The molecule has 0 bridgehead atoms. The quantitative estimate of drug-likeness (QED) is 0.247. The number of aromatic nitrogens is 3.